The van der Waals surface area contributed by atoms with E-state index in [0.29, 0.717) is 12.1 Å². The molecule has 24 heavy (non-hydrogen) atoms. The summed E-state index contributed by atoms with van der Waals surface area (Å²) in [5.74, 6) is -0.0945. The van der Waals surface area contributed by atoms with Crippen LogP contribution in [0.15, 0.2) is 61.1 Å². The third kappa shape index (κ3) is 4.07. The summed E-state index contributed by atoms with van der Waals surface area (Å²) in [5.41, 5.74) is 3.72. The molecule has 0 aliphatic carbocycles. The Morgan fingerprint density at radius 1 is 1.17 bits per heavy atom. The van der Waals surface area contributed by atoms with Gasteiger partial charge in [0.2, 0.25) is 0 Å². The summed E-state index contributed by atoms with van der Waals surface area (Å²) < 4.78 is 1.87. The van der Waals surface area contributed by atoms with Crippen molar-refractivity contribution in [2.75, 3.05) is 0 Å². The van der Waals surface area contributed by atoms with E-state index >= 15 is 0 Å². The van der Waals surface area contributed by atoms with Crippen molar-refractivity contribution < 1.29 is 4.79 Å². The average Bonchev–Trinajstić information content (AvgIpc) is 3.08. The molecule has 2 heterocycles. The second kappa shape index (κ2) is 7.55. The topological polar surface area (TPSA) is 59.8 Å². The summed E-state index contributed by atoms with van der Waals surface area (Å²) in [6.07, 6.45) is 6.23. The van der Waals surface area contributed by atoms with Crippen molar-refractivity contribution >= 4 is 5.91 Å². The first-order chi connectivity index (χ1) is 11.7. The lowest BCUT2D eigenvalue weighted by molar-refractivity contribution is 0.0950. The van der Waals surface area contributed by atoms with Crippen LogP contribution in [0.3, 0.4) is 0 Å². The standard InChI is InChI=1S/C19H20N4O/c1-2-18-10-17(8-9-20-18)19(24)21-11-16-12-22-23(14-16)13-15-6-4-3-5-7-15/h3-10,12,14H,2,11,13H2,1H3,(H,21,24). The highest BCUT2D eigenvalue weighted by Crippen LogP contribution is 2.06. The van der Waals surface area contributed by atoms with Gasteiger partial charge >= 0.3 is 0 Å². The Bertz CT molecular complexity index is 811. The lowest BCUT2D eigenvalue weighted by Gasteiger charge is -2.05. The largest absolute Gasteiger partial charge is 0.348 e. The molecule has 3 aromatic rings. The van der Waals surface area contributed by atoms with Crippen LogP contribution in [-0.2, 0) is 19.5 Å². The van der Waals surface area contributed by atoms with Gasteiger partial charge in [0, 0.05) is 35.8 Å². The number of amides is 1. The smallest absolute Gasteiger partial charge is 0.251 e. The first kappa shape index (κ1) is 15.9. The van der Waals surface area contributed by atoms with Crippen LogP contribution in [0.5, 0.6) is 0 Å². The number of carbonyl (C=O) groups is 1. The van der Waals surface area contributed by atoms with E-state index in [-0.39, 0.29) is 5.91 Å². The number of nitrogens with one attached hydrogen (secondary N) is 1. The molecule has 122 valence electrons. The first-order valence-electron chi connectivity index (χ1n) is 8.03. The molecule has 0 bridgehead atoms. The molecular formula is C19H20N4O. The number of rotatable bonds is 6. The Kier molecular flexibility index (Phi) is 5.01. The molecule has 1 amide bonds. The van der Waals surface area contributed by atoms with Gasteiger partial charge in [-0.1, -0.05) is 37.3 Å². The first-order valence-corrected chi connectivity index (χ1v) is 8.03. The Labute approximate surface area is 141 Å². The van der Waals surface area contributed by atoms with Crippen molar-refractivity contribution in [3.05, 3.63) is 83.4 Å². The van der Waals surface area contributed by atoms with Crippen molar-refractivity contribution in [1.82, 2.24) is 20.1 Å². The Hall–Kier alpha value is -2.95. The van der Waals surface area contributed by atoms with Crippen LogP contribution in [0.25, 0.3) is 0 Å². The molecule has 3 rings (SSSR count). The van der Waals surface area contributed by atoms with Crippen LogP contribution in [0.2, 0.25) is 0 Å². The van der Waals surface area contributed by atoms with Gasteiger partial charge in [-0.15, -0.1) is 0 Å². The van der Waals surface area contributed by atoms with E-state index in [2.05, 4.69) is 27.5 Å². The molecule has 5 nitrogen and oxygen atoms in total. The molecule has 2 aromatic heterocycles. The maximum Gasteiger partial charge on any atom is 0.251 e. The molecule has 1 N–H and O–H groups in total. The van der Waals surface area contributed by atoms with E-state index in [4.69, 9.17) is 0 Å². The minimum Gasteiger partial charge on any atom is -0.348 e. The number of pyridine rings is 1. The highest BCUT2D eigenvalue weighted by molar-refractivity contribution is 5.94. The molecule has 0 radical (unpaired) electrons. The van der Waals surface area contributed by atoms with Crippen LogP contribution >= 0.6 is 0 Å². The van der Waals surface area contributed by atoms with Crippen molar-refractivity contribution in [3.8, 4) is 0 Å². The summed E-state index contributed by atoms with van der Waals surface area (Å²) in [6, 6.07) is 13.7. The second-order valence-corrected chi connectivity index (χ2v) is 5.60. The van der Waals surface area contributed by atoms with E-state index in [0.717, 1.165) is 24.2 Å². The summed E-state index contributed by atoms with van der Waals surface area (Å²) in [7, 11) is 0. The van der Waals surface area contributed by atoms with Gasteiger partial charge in [0.05, 0.1) is 12.7 Å². The van der Waals surface area contributed by atoms with E-state index in [1.54, 1.807) is 18.5 Å². The van der Waals surface area contributed by atoms with Gasteiger partial charge in [-0.25, -0.2) is 0 Å². The van der Waals surface area contributed by atoms with E-state index < -0.39 is 0 Å². The van der Waals surface area contributed by atoms with Gasteiger partial charge < -0.3 is 5.32 Å². The minimum atomic E-state index is -0.0945. The zero-order chi connectivity index (χ0) is 16.8. The molecule has 0 aliphatic heterocycles. The number of hydrogen-bond donors (Lipinski definition) is 1. The van der Waals surface area contributed by atoms with Crippen molar-refractivity contribution in [2.45, 2.75) is 26.4 Å². The zero-order valence-electron chi connectivity index (χ0n) is 13.6. The maximum atomic E-state index is 12.2. The fourth-order valence-electron chi connectivity index (χ4n) is 2.45. The van der Waals surface area contributed by atoms with Gasteiger partial charge in [0.25, 0.3) is 5.91 Å². The minimum absolute atomic E-state index is 0.0945. The third-order valence-corrected chi connectivity index (χ3v) is 3.77. The lowest BCUT2D eigenvalue weighted by atomic mass is 10.2. The monoisotopic (exact) mass is 320 g/mol. The van der Waals surface area contributed by atoms with Gasteiger partial charge in [-0.3, -0.25) is 14.5 Å². The Morgan fingerprint density at radius 2 is 2.00 bits per heavy atom. The fraction of sp³-hybridized carbons (Fsp3) is 0.211. The third-order valence-electron chi connectivity index (χ3n) is 3.77. The SMILES string of the molecule is CCc1cc(C(=O)NCc2cnn(Cc3ccccc3)c2)ccn1. The quantitative estimate of drug-likeness (QED) is 0.760. The van der Waals surface area contributed by atoms with Gasteiger partial charge in [-0.05, 0) is 24.1 Å². The zero-order valence-corrected chi connectivity index (χ0v) is 13.6. The maximum absolute atomic E-state index is 12.2. The summed E-state index contributed by atoms with van der Waals surface area (Å²) >= 11 is 0. The highest BCUT2D eigenvalue weighted by Gasteiger charge is 2.07. The summed E-state index contributed by atoms with van der Waals surface area (Å²) in [5, 5.41) is 7.27. The van der Waals surface area contributed by atoms with Crippen molar-refractivity contribution in [1.29, 1.82) is 0 Å². The predicted octanol–water partition coefficient (Wildman–Crippen LogP) is 2.82. The molecule has 1 aromatic carbocycles. The van der Waals surface area contributed by atoms with E-state index in [1.165, 1.54) is 5.56 Å². The van der Waals surface area contributed by atoms with Gasteiger partial charge in [0.15, 0.2) is 0 Å². The van der Waals surface area contributed by atoms with Gasteiger partial charge in [0.1, 0.15) is 0 Å². The number of carbonyl (C=O) groups excluding carboxylic acids is 1. The molecule has 0 saturated carbocycles. The predicted molar refractivity (Wildman–Crippen MR) is 92.6 cm³/mol. The molecule has 0 saturated heterocycles. The van der Waals surface area contributed by atoms with Crippen LogP contribution in [0.4, 0.5) is 0 Å². The van der Waals surface area contributed by atoms with Crippen LogP contribution < -0.4 is 5.32 Å². The van der Waals surface area contributed by atoms with Crippen molar-refractivity contribution in [3.63, 3.8) is 0 Å². The van der Waals surface area contributed by atoms with E-state index in [9.17, 15) is 4.79 Å². The van der Waals surface area contributed by atoms with Crippen LogP contribution in [-0.4, -0.2) is 20.7 Å². The molecule has 0 aliphatic rings. The lowest BCUT2D eigenvalue weighted by Crippen LogP contribution is -2.22. The Morgan fingerprint density at radius 3 is 2.79 bits per heavy atom. The number of nitrogens with zero attached hydrogens (tertiary/aromatic N) is 3. The van der Waals surface area contributed by atoms with E-state index in [1.807, 2.05) is 42.1 Å². The average molecular weight is 320 g/mol. The molecule has 0 atom stereocenters. The van der Waals surface area contributed by atoms with Crippen LogP contribution in [0.1, 0.15) is 34.1 Å². The normalized spacial score (nSPS) is 10.5. The molecule has 0 spiro atoms. The van der Waals surface area contributed by atoms with Gasteiger partial charge in [-0.2, -0.15) is 5.10 Å². The van der Waals surface area contributed by atoms with Crippen LogP contribution in [0, 0.1) is 0 Å². The molecule has 0 unspecified atom stereocenters. The number of hydrogen-bond acceptors (Lipinski definition) is 3. The molecule has 0 fully saturated rings. The number of aromatic nitrogens is 3. The van der Waals surface area contributed by atoms with Crippen molar-refractivity contribution in [2.24, 2.45) is 0 Å². The highest BCUT2D eigenvalue weighted by atomic mass is 16.1. The summed E-state index contributed by atoms with van der Waals surface area (Å²) in [6.45, 7) is 3.20. The second-order valence-electron chi connectivity index (χ2n) is 5.60. The molecule has 5 heteroatoms. The summed E-state index contributed by atoms with van der Waals surface area (Å²) in [4.78, 5) is 16.4. The number of benzene rings is 1. The number of aryl methyl sites for hydroxylation is 1. The fourth-order valence-corrected chi connectivity index (χ4v) is 2.45. The molecular weight excluding hydrogens is 300 g/mol. The Balaban J connectivity index is 1.58.